The molecule has 0 atom stereocenters. The lowest BCUT2D eigenvalue weighted by atomic mass is 10.3. The van der Waals surface area contributed by atoms with Gasteiger partial charge in [-0.3, -0.25) is 5.41 Å². The highest BCUT2D eigenvalue weighted by Crippen LogP contribution is 2.27. The molecule has 1 N–H and O–H groups in total. The predicted octanol–water partition coefficient (Wildman–Crippen LogP) is 6.40. The monoisotopic (exact) mass is 542 g/mol. The molecule has 1 aromatic heterocycles. The fraction of sp³-hybridized carbons (Fsp3) is 0.458. The number of ether oxygens (including phenoxy) is 1. The molecule has 0 saturated carbocycles. The fourth-order valence-electron chi connectivity index (χ4n) is 3.95. The zero-order chi connectivity index (χ0) is 22.2. The normalized spacial score (nSPS) is 11.2. The Morgan fingerprint density at radius 2 is 1.53 bits per heavy atom. The highest BCUT2D eigenvalue weighted by Gasteiger charge is 2.12. The number of para-hydroxylation sites is 2. The maximum Gasteiger partial charge on any atom is 0.203 e. The van der Waals surface area contributed by atoms with Gasteiger partial charge in [0, 0.05) is 24.7 Å². The van der Waals surface area contributed by atoms with Gasteiger partial charge < -0.3 is 18.8 Å². The Bertz CT molecular complexity index is 1040. The first kappa shape index (κ1) is 26.8. The summed E-state index contributed by atoms with van der Waals surface area (Å²) >= 11 is 12.1. The van der Waals surface area contributed by atoms with Gasteiger partial charge in [-0.1, -0.05) is 49.2 Å². The Labute approximate surface area is 211 Å². The summed E-state index contributed by atoms with van der Waals surface area (Å²) in [5.74, 6) is 0.636. The van der Waals surface area contributed by atoms with Crippen LogP contribution in [-0.2, 0) is 13.1 Å². The van der Waals surface area contributed by atoms with Gasteiger partial charge in [-0.05, 0) is 62.7 Å². The third kappa shape index (κ3) is 6.77. The van der Waals surface area contributed by atoms with Gasteiger partial charge >= 0.3 is 0 Å². The van der Waals surface area contributed by atoms with Gasteiger partial charge in [0.15, 0.2) is 0 Å². The summed E-state index contributed by atoms with van der Waals surface area (Å²) in [6, 6.07) is 13.5. The minimum atomic E-state index is 0. The maximum atomic E-state index is 8.81. The number of hydrogen-bond acceptors (Lipinski definition) is 3. The molecule has 3 rings (SSSR count). The van der Waals surface area contributed by atoms with Crippen LogP contribution in [0.5, 0.6) is 5.75 Å². The van der Waals surface area contributed by atoms with E-state index in [1.807, 2.05) is 12.1 Å². The average molecular weight is 544 g/mol. The number of imidazole rings is 1. The third-order valence-corrected chi connectivity index (χ3v) is 5.90. The van der Waals surface area contributed by atoms with Gasteiger partial charge in [0.05, 0.1) is 22.7 Å². The second-order valence-corrected chi connectivity index (χ2v) is 8.58. The predicted molar refractivity (Wildman–Crippen MR) is 140 cm³/mol. The molecule has 0 unspecified atom stereocenters. The van der Waals surface area contributed by atoms with E-state index in [0.717, 1.165) is 56.5 Å². The molecule has 1 heterocycles. The SMILES string of the molecule is Br.CCCN(CCC)CCn1c(=N)n(CCCOc2ccc(Cl)cc2Cl)c2ccccc21. The van der Waals surface area contributed by atoms with E-state index in [-0.39, 0.29) is 17.0 Å². The molecule has 0 spiro atoms. The molecule has 0 aliphatic carbocycles. The van der Waals surface area contributed by atoms with E-state index in [4.69, 9.17) is 33.3 Å². The van der Waals surface area contributed by atoms with Crippen molar-refractivity contribution < 1.29 is 4.74 Å². The largest absolute Gasteiger partial charge is 0.492 e. The van der Waals surface area contributed by atoms with Crippen LogP contribution in [0.4, 0.5) is 0 Å². The van der Waals surface area contributed by atoms with Crippen LogP contribution in [0.25, 0.3) is 11.0 Å². The average Bonchev–Trinajstić information content (AvgIpc) is 3.02. The van der Waals surface area contributed by atoms with Crippen molar-refractivity contribution in [3.63, 3.8) is 0 Å². The summed E-state index contributed by atoms with van der Waals surface area (Å²) in [5.41, 5.74) is 2.75. The van der Waals surface area contributed by atoms with Crippen molar-refractivity contribution in [2.75, 3.05) is 26.2 Å². The van der Waals surface area contributed by atoms with E-state index in [1.54, 1.807) is 18.2 Å². The van der Waals surface area contributed by atoms with E-state index in [2.05, 4.69) is 40.0 Å². The van der Waals surface area contributed by atoms with Crippen LogP contribution < -0.4 is 10.4 Å². The lowest BCUT2D eigenvalue weighted by Crippen LogP contribution is -2.33. The lowest BCUT2D eigenvalue weighted by molar-refractivity contribution is 0.262. The first-order valence-corrected chi connectivity index (χ1v) is 11.8. The number of nitrogens with one attached hydrogen (secondary N) is 1. The fourth-order valence-corrected chi connectivity index (χ4v) is 4.42. The molecular weight excluding hydrogens is 511 g/mol. The van der Waals surface area contributed by atoms with Gasteiger partial charge in [-0.2, -0.15) is 0 Å². The van der Waals surface area contributed by atoms with Crippen molar-refractivity contribution in [1.82, 2.24) is 14.0 Å². The van der Waals surface area contributed by atoms with Gasteiger partial charge in [0.2, 0.25) is 5.62 Å². The van der Waals surface area contributed by atoms with E-state index in [0.29, 0.717) is 34.6 Å². The number of benzene rings is 2. The summed E-state index contributed by atoms with van der Waals surface area (Å²) < 4.78 is 10.0. The van der Waals surface area contributed by atoms with Crippen molar-refractivity contribution in [2.45, 2.75) is 46.2 Å². The Kier molecular flexibility index (Phi) is 11.1. The number of nitrogens with zero attached hydrogens (tertiary/aromatic N) is 3. The summed E-state index contributed by atoms with van der Waals surface area (Å²) in [7, 11) is 0. The highest BCUT2D eigenvalue weighted by molar-refractivity contribution is 8.93. The maximum absolute atomic E-state index is 8.81. The molecule has 32 heavy (non-hydrogen) atoms. The first-order valence-electron chi connectivity index (χ1n) is 11.1. The number of halogens is 3. The van der Waals surface area contributed by atoms with E-state index >= 15 is 0 Å². The molecule has 0 saturated heterocycles. The first-order chi connectivity index (χ1) is 15.0. The third-order valence-electron chi connectivity index (χ3n) is 5.37. The van der Waals surface area contributed by atoms with Crippen LogP contribution in [-0.4, -0.2) is 40.3 Å². The molecule has 0 radical (unpaired) electrons. The molecule has 5 nitrogen and oxygen atoms in total. The molecule has 0 aliphatic rings. The number of aryl methyl sites for hydroxylation is 1. The van der Waals surface area contributed by atoms with E-state index in [9.17, 15) is 0 Å². The standard InChI is InChI=1S/C24H32Cl2N4O.BrH/c1-3-12-28(13-4-2)15-16-30-22-9-6-5-8-21(22)29(24(30)27)14-7-17-31-23-11-10-19(25)18-20(23)26;/h5-6,8-11,18,27H,3-4,7,12-17H2,1-2H3;1H. The minimum Gasteiger partial charge on any atom is -0.492 e. The molecule has 0 aliphatic heterocycles. The molecule has 2 aromatic carbocycles. The van der Waals surface area contributed by atoms with Gasteiger partial charge in [-0.25, -0.2) is 0 Å². The topological polar surface area (TPSA) is 46.2 Å². The van der Waals surface area contributed by atoms with Crippen LogP contribution >= 0.6 is 40.2 Å². The molecule has 0 bridgehead atoms. The Hall–Kier alpha value is -1.47. The van der Waals surface area contributed by atoms with Crippen LogP contribution in [0.1, 0.15) is 33.1 Å². The summed E-state index contributed by atoms with van der Waals surface area (Å²) in [6.07, 6.45) is 3.08. The highest BCUT2D eigenvalue weighted by atomic mass is 79.9. The molecular formula is C24H33BrCl2N4O. The molecule has 176 valence electrons. The van der Waals surface area contributed by atoms with Crippen molar-refractivity contribution in [2.24, 2.45) is 0 Å². The Morgan fingerprint density at radius 1 is 0.906 bits per heavy atom. The lowest BCUT2D eigenvalue weighted by Gasteiger charge is -2.21. The minimum absolute atomic E-state index is 0. The molecule has 3 aromatic rings. The Balaban J connectivity index is 0.00000363. The van der Waals surface area contributed by atoms with Crippen molar-refractivity contribution in [3.05, 3.63) is 58.1 Å². The quantitative estimate of drug-likeness (QED) is 0.269. The zero-order valence-electron chi connectivity index (χ0n) is 18.8. The second kappa shape index (κ2) is 13.3. The molecule has 0 amide bonds. The number of aromatic nitrogens is 2. The summed E-state index contributed by atoms with van der Waals surface area (Å²) in [6.45, 7) is 9.66. The van der Waals surface area contributed by atoms with Crippen molar-refractivity contribution >= 4 is 51.2 Å². The van der Waals surface area contributed by atoms with Gasteiger partial charge in [-0.15, -0.1) is 17.0 Å². The number of rotatable bonds is 12. The summed E-state index contributed by atoms with van der Waals surface area (Å²) in [4.78, 5) is 2.49. The number of hydrogen-bond donors (Lipinski definition) is 1. The van der Waals surface area contributed by atoms with Crippen molar-refractivity contribution in [1.29, 1.82) is 5.41 Å². The number of fused-ring (bicyclic) bond motifs is 1. The zero-order valence-corrected chi connectivity index (χ0v) is 22.0. The Morgan fingerprint density at radius 3 is 2.12 bits per heavy atom. The van der Waals surface area contributed by atoms with Gasteiger partial charge in [0.1, 0.15) is 5.75 Å². The summed E-state index contributed by atoms with van der Waals surface area (Å²) in [5, 5.41) is 9.92. The second-order valence-electron chi connectivity index (χ2n) is 7.73. The molecule has 8 heteroatoms. The van der Waals surface area contributed by atoms with Crippen molar-refractivity contribution in [3.8, 4) is 5.75 Å². The van der Waals surface area contributed by atoms with Crippen LogP contribution in [0.3, 0.4) is 0 Å². The molecule has 0 fully saturated rings. The smallest absolute Gasteiger partial charge is 0.203 e. The van der Waals surface area contributed by atoms with Crippen LogP contribution in [0.15, 0.2) is 42.5 Å². The van der Waals surface area contributed by atoms with Crippen LogP contribution in [0.2, 0.25) is 10.0 Å². The van der Waals surface area contributed by atoms with Crippen LogP contribution in [0, 0.1) is 5.41 Å². The van der Waals surface area contributed by atoms with E-state index in [1.165, 1.54) is 0 Å². The van der Waals surface area contributed by atoms with E-state index < -0.39 is 0 Å². The van der Waals surface area contributed by atoms with Gasteiger partial charge in [0.25, 0.3) is 0 Å².